The second-order valence-corrected chi connectivity index (χ2v) is 5.43. The van der Waals surface area contributed by atoms with E-state index in [0.717, 1.165) is 18.2 Å². The van der Waals surface area contributed by atoms with Gasteiger partial charge in [0.25, 0.3) is 0 Å². The van der Waals surface area contributed by atoms with Gasteiger partial charge in [-0.2, -0.15) is 0 Å². The molecule has 100 valence electrons. The number of hydrogen-bond acceptors (Lipinski definition) is 2. The van der Waals surface area contributed by atoms with Crippen molar-refractivity contribution in [2.45, 2.75) is 52.2 Å². The van der Waals surface area contributed by atoms with Gasteiger partial charge in [-0.1, -0.05) is 31.5 Å². The monoisotopic (exact) mass is 247 g/mol. The van der Waals surface area contributed by atoms with Crippen LogP contribution in [0.15, 0.2) is 24.3 Å². The predicted octanol–water partition coefficient (Wildman–Crippen LogP) is 3.92. The lowest BCUT2D eigenvalue weighted by Crippen LogP contribution is -2.32. The van der Waals surface area contributed by atoms with Gasteiger partial charge in [-0.15, -0.1) is 0 Å². The van der Waals surface area contributed by atoms with Gasteiger partial charge < -0.3 is 10.1 Å². The molecule has 1 aliphatic carbocycles. The van der Waals surface area contributed by atoms with E-state index in [1.807, 2.05) is 0 Å². The molecule has 0 heterocycles. The van der Waals surface area contributed by atoms with Crippen molar-refractivity contribution >= 4 is 0 Å². The minimum Gasteiger partial charge on any atom is -0.491 e. The number of nitrogens with one attached hydrogen (secondary N) is 1. The maximum absolute atomic E-state index is 5.95. The van der Waals surface area contributed by atoms with E-state index in [1.54, 1.807) is 0 Å². The minimum atomic E-state index is 0.231. The van der Waals surface area contributed by atoms with Crippen LogP contribution in [0.4, 0.5) is 0 Å². The van der Waals surface area contributed by atoms with E-state index in [2.05, 4.69) is 50.4 Å². The van der Waals surface area contributed by atoms with E-state index in [0.29, 0.717) is 6.04 Å². The highest BCUT2D eigenvalue weighted by Crippen LogP contribution is 2.40. The molecule has 1 atom stereocenters. The summed E-state index contributed by atoms with van der Waals surface area (Å²) < 4.78 is 5.95. The Hall–Kier alpha value is -1.02. The van der Waals surface area contributed by atoms with Crippen LogP contribution in [0.3, 0.4) is 0 Å². The summed E-state index contributed by atoms with van der Waals surface area (Å²) in [7, 11) is 0. The van der Waals surface area contributed by atoms with Gasteiger partial charge >= 0.3 is 0 Å². The Morgan fingerprint density at radius 3 is 2.56 bits per heavy atom. The van der Waals surface area contributed by atoms with E-state index in [1.165, 1.54) is 24.8 Å². The fourth-order valence-electron chi connectivity index (χ4n) is 2.62. The Labute approximate surface area is 111 Å². The number of ether oxygens (including phenoxy) is 1. The third-order valence-electron chi connectivity index (χ3n) is 3.66. The van der Waals surface area contributed by atoms with Crippen LogP contribution in [0, 0.1) is 5.92 Å². The van der Waals surface area contributed by atoms with Crippen molar-refractivity contribution < 1.29 is 4.74 Å². The maximum Gasteiger partial charge on any atom is 0.124 e. The predicted molar refractivity (Wildman–Crippen MR) is 76.0 cm³/mol. The largest absolute Gasteiger partial charge is 0.491 e. The molecule has 0 aromatic heterocycles. The average Bonchev–Trinajstić information content (AvgIpc) is 2.26. The molecule has 0 amide bonds. The van der Waals surface area contributed by atoms with Gasteiger partial charge in [-0.3, -0.25) is 0 Å². The van der Waals surface area contributed by atoms with Crippen molar-refractivity contribution in [3.63, 3.8) is 0 Å². The fourth-order valence-corrected chi connectivity index (χ4v) is 2.62. The topological polar surface area (TPSA) is 21.3 Å². The molecule has 0 spiro atoms. The zero-order valence-corrected chi connectivity index (χ0v) is 11.8. The van der Waals surface area contributed by atoms with Crippen LogP contribution >= 0.6 is 0 Å². The molecule has 0 radical (unpaired) electrons. The van der Waals surface area contributed by atoms with Gasteiger partial charge in [0.1, 0.15) is 5.75 Å². The van der Waals surface area contributed by atoms with Gasteiger partial charge in [-0.05, 0) is 45.2 Å². The first-order chi connectivity index (χ1) is 8.72. The van der Waals surface area contributed by atoms with Crippen molar-refractivity contribution in [1.29, 1.82) is 0 Å². The molecule has 1 aliphatic rings. The Balaban J connectivity index is 2.22. The van der Waals surface area contributed by atoms with Crippen molar-refractivity contribution in [2.24, 2.45) is 5.92 Å². The summed E-state index contributed by atoms with van der Waals surface area (Å²) in [6, 6.07) is 8.94. The minimum absolute atomic E-state index is 0.231. The molecule has 1 unspecified atom stereocenters. The van der Waals surface area contributed by atoms with Gasteiger partial charge in [0.2, 0.25) is 0 Å². The zero-order chi connectivity index (χ0) is 13.0. The molecule has 2 nitrogen and oxygen atoms in total. The highest BCUT2D eigenvalue weighted by atomic mass is 16.5. The molecule has 1 aromatic rings. The van der Waals surface area contributed by atoms with Crippen LogP contribution in [0.1, 0.15) is 51.6 Å². The molecule has 18 heavy (non-hydrogen) atoms. The maximum atomic E-state index is 5.95. The second kappa shape index (κ2) is 6.24. The van der Waals surface area contributed by atoms with Gasteiger partial charge in [-0.25, -0.2) is 0 Å². The van der Waals surface area contributed by atoms with E-state index in [4.69, 9.17) is 4.74 Å². The number of benzene rings is 1. The van der Waals surface area contributed by atoms with Crippen LogP contribution in [-0.2, 0) is 0 Å². The van der Waals surface area contributed by atoms with Crippen molar-refractivity contribution in [3.05, 3.63) is 29.8 Å². The summed E-state index contributed by atoms with van der Waals surface area (Å²) >= 11 is 0. The number of rotatable bonds is 6. The summed E-state index contributed by atoms with van der Waals surface area (Å²) in [5.74, 6) is 1.83. The molecule has 1 saturated carbocycles. The normalized spacial score (nSPS) is 17.6. The Kier molecular flexibility index (Phi) is 4.65. The van der Waals surface area contributed by atoms with Crippen LogP contribution in [0.2, 0.25) is 0 Å². The van der Waals surface area contributed by atoms with Crippen LogP contribution in [0.25, 0.3) is 0 Å². The molecular formula is C16H25NO. The average molecular weight is 247 g/mol. The molecule has 0 aliphatic heterocycles. The standard InChI is InChI=1S/C16H25NO/c1-4-17-16(13-8-7-9-13)14-10-5-6-11-15(14)18-12(2)3/h5-6,10-13,16-17H,4,7-9H2,1-3H3. The van der Waals surface area contributed by atoms with Crippen molar-refractivity contribution in [2.75, 3.05) is 6.54 Å². The molecule has 2 rings (SSSR count). The summed E-state index contributed by atoms with van der Waals surface area (Å²) in [5, 5.41) is 3.63. The third-order valence-corrected chi connectivity index (χ3v) is 3.66. The summed E-state index contributed by atoms with van der Waals surface area (Å²) in [6.45, 7) is 7.36. The first-order valence-corrected chi connectivity index (χ1v) is 7.21. The first-order valence-electron chi connectivity index (χ1n) is 7.21. The number of hydrogen-bond donors (Lipinski definition) is 1. The highest BCUT2D eigenvalue weighted by Gasteiger charge is 2.29. The van der Waals surface area contributed by atoms with Crippen LogP contribution in [-0.4, -0.2) is 12.6 Å². The lowest BCUT2D eigenvalue weighted by Gasteiger charge is -2.35. The summed E-state index contributed by atoms with van der Waals surface area (Å²) in [4.78, 5) is 0. The van der Waals surface area contributed by atoms with Crippen molar-refractivity contribution in [1.82, 2.24) is 5.32 Å². The van der Waals surface area contributed by atoms with Gasteiger partial charge in [0, 0.05) is 11.6 Å². The van der Waals surface area contributed by atoms with Crippen LogP contribution in [0.5, 0.6) is 5.75 Å². The molecule has 0 bridgehead atoms. The zero-order valence-electron chi connectivity index (χ0n) is 11.8. The fraction of sp³-hybridized carbons (Fsp3) is 0.625. The molecule has 2 heteroatoms. The Bertz CT molecular complexity index is 371. The smallest absolute Gasteiger partial charge is 0.124 e. The molecular weight excluding hydrogens is 222 g/mol. The van der Waals surface area contributed by atoms with E-state index < -0.39 is 0 Å². The molecule has 1 N–H and O–H groups in total. The Morgan fingerprint density at radius 1 is 1.28 bits per heavy atom. The molecule has 0 saturated heterocycles. The summed E-state index contributed by atoms with van der Waals surface area (Å²) in [5.41, 5.74) is 1.33. The van der Waals surface area contributed by atoms with Gasteiger partial charge in [0.15, 0.2) is 0 Å². The van der Waals surface area contributed by atoms with E-state index >= 15 is 0 Å². The van der Waals surface area contributed by atoms with Gasteiger partial charge in [0.05, 0.1) is 6.10 Å². The van der Waals surface area contributed by atoms with Crippen LogP contribution < -0.4 is 10.1 Å². The SMILES string of the molecule is CCNC(c1ccccc1OC(C)C)C1CCC1. The van der Waals surface area contributed by atoms with E-state index in [-0.39, 0.29) is 6.10 Å². The number of para-hydroxylation sites is 1. The quantitative estimate of drug-likeness (QED) is 0.822. The Morgan fingerprint density at radius 2 is 2.00 bits per heavy atom. The third kappa shape index (κ3) is 3.05. The lowest BCUT2D eigenvalue weighted by atomic mass is 9.77. The second-order valence-electron chi connectivity index (χ2n) is 5.43. The highest BCUT2D eigenvalue weighted by molar-refractivity contribution is 5.36. The molecule has 1 aromatic carbocycles. The first kappa shape index (κ1) is 13.4. The van der Waals surface area contributed by atoms with E-state index in [9.17, 15) is 0 Å². The molecule has 1 fully saturated rings. The van der Waals surface area contributed by atoms with Crippen molar-refractivity contribution in [3.8, 4) is 5.75 Å². The summed E-state index contributed by atoms with van der Waals surface area (Å²) in [6.07, 6.45) is 4.29. The lowest BCUT2D eigenvalue weighted by molar-refractivity contribution is 0.210.